The van der Waals surface area contributed by atoms with E-state index >= 15 is 0 Å². The number of hydrogen-bond acceptors (Lipinski definition) is 2. The molecule has 1 fully saturated rings. The predicted octanol–water partition coefficient (Wildman–Crippen LogP) is 3.89. The highest BCUT2D eigenvalue weighted by molar-refractivity contribution is 5.77. The molecule has 20 heavy (non-hydrogen) atoms. The van der Waals surface area contributed by atoms with E-state index in [1.807, 2.05) is 17.8 Å². The fraction of sp³-hybridized carbons (Fsp3) is 0.471. The number of anilines is 1. The molecule has 1 saturated carbocycles. The van der Waals surface area contributed by atoms with Crippen molar-refractivity contribution >= 4 is 5.82 Å². The van der Waals surface area contributed by atoms with Crippen LogP contribution in [0, 0.1) is 0 Å². The number of aromatic nitrogens is 2. The summed E-state index contributed by atoms with van der Waals surface area (Å²) in [6.07, 6.45) is 6.35. The summed E-state index contributed by atoms with van der Waals surface area (Å²) in [6, 6.07) is 10.4. The zero-order valence-corrected chi connectivity index (χ0v) is 12.4. The Morgan fingerprint density at radius 2 is 1.75 bits per heavy atom. The summed E-state index contributed by atoms with van der Waals surface area (Å²) in [5.74, 6) is 0.776. The molecule has 0 unspecified atom stereocenters. The van der Waals surface area contributed by atoms with Crippen molar-refractivity contribution in [1.29, 1.82) is 0 Å². The molecule has 1 aromatic carbocycles. The van der Waals surface area contributed by atoms with Crippen molar-refractivity contribution in [3.8, 4) is 11.1 Å². The van der Waals surface area contributed by atoms with Crippen LogP contribution in [0.25, 0.3) is 11.1 Å². The Labute approximate surface area is 120 Å². The molecule has 1 heterocycles. The van der Waals surface area contributed by atoms with E-state index in [4.69, 9.17) is 10.8 Å². The van der Waals surface area contributed by atoms with E-state index in [9.17, 15) is 0 Å². The Hall–Kier alpha value is -1.77. The van der Waals surface area contributed by atoms with Crippen LogP contribution in [0.2, 0.25) is 0 Å². The Morgan fingerprint density at radius 3 is 2.40 bits per heavy atom. The minimum absolute atomic E-state index is 0.165. The van der Waals surface area contributed by atoms with Crippen molar-refractivity contribution in [2.24, 2.45) is 7.05 Å². The molecule has 0 amide bonds. The maximum Gasteiger partial charge on any atom is 0.129 e. The summed E-state index contributed by atoms with van der Waals surface area (Å²) < 4.78 is 1.83. The third-order valence-corrected chi connectivity index (χ3v) is 4.68. The van der Waals surface area contributed by atoms with E-state index in [0.29, 0.717) is 0 Å². The third-order valence-electron chi connectivity index (χ3n) is 4.68. The minimum Gasteiger partial charge on any atom is -0.383 e. The molecule has 0 atom stereocenters. The molecule has 3 nitrogen and oxygen atoms in total. The Morgan fingerprint density at radius 1 is 1.10 bits per heavy atom. The lowest BCUT2D eigenvalue weighted by Crippen LogP contribution is -2.26. The predicted molar refractivity (Wildman–Crippen MR) is 83.5 cm³/mol. The number of hydrogen-bond donors (Lipinski definition) is 1. The van der Waals surface area contributed by atoms with Crippen molar-refractivity contribution in [3.63, 3.8) is 0 Å². The Balaban J connectivity index is 2.14. The zero-order valence-electron chi connectivity index (χ0n) is 12.4. The van der Waals surface area contributed by atoms with E-state index in [1.54, 1.807) is 0 Å². The molecule has 0 bridgehead atoms. The third kappa shape index (κ3) is 2.11. The number of nitrogen functional groups attached to an aromatic ring is 1. The van der Waals surface area contributed by atoms with Gasteiger partial charge in [-0.15, -0.1) is 0 Å². The van der Waals surface area contributed by atoms with Crippen molar-refractivity contribution < 1.29 is 0 Å². The van der Waals surface area contributed by atoms with Gasteiger partial charge in [0.05, 0.1) is 5.69 Å². The first-order valence-corrected chi connectivity index (χ1v) is 7.50. The van der Waals surface area contributed by atoms with Crippen LogP contribution in [-0.2, 0) is 12.5 Å². The van der Waals surface area contributed by atoms with Crippen LogP contribution in [0.4, 0.5) is 5.82 Å². The molecule has 0 saturated heterocycles. The van der Waals surface area contributed by atoms with Gasteiger partial charge in [-0.05, 0) is 18.4 Å². The van der Waals surface area contributed by atoms with E-state index in [-0.39, 0.29) is 5.41 Å². The SMILES string of the molecule is Cn1nc(C2(C)CCCCC2)c(-c2ccccc2)c1N. The summed E-state index contributed by atoms with van der Waals surface area (Å²) in [7, 11) is 1.94. The lowest BCUT2D eigenvalue weighted by Gasteiger charge is -2.32. The first kappa shape index (κ1) is 13.2. The van der Waals surface area contributed by atoms with Gasteiger partial charge in [-0.25, -0.2) is 0 Å². The average Bonchev–Trinajstić information content (AvgIpc) is 2.77. The number of rotatable bonds is 2. The van der Waals surface area contributed by atoms with E-state index in [1.165, 1.54) is 43.4 Å². The van der Waals surface area contributed by atoms with Gasteiger partial charge in [0.15, 0.2) is 0 Å². The second-order valence-corrected chi connectivity index (χ2v) is 6.22. The van der Waals surface area contributed by atoms with Gasteiger partial charge in [-0.1, -0.05) is 56.5 Å². The Bertz CT molecular complexity index is 592. The first-order valence-electron chi connectivity index (χ1n) is 7.50. The van der Waals surface area contributed by atoms with Gasteiger partial charge in [0.1, 0.15) is 5.82 Å². The topological polar surface area (TPSA) is 43.8 Å². The van der Waals surface area contributed by atoms with Crippen molar-refractivity contribution in [3.05, 3.63) is 36.0 Å². The molecular weight excluding hydrogens is 246 g/mol. The van der Waals surface area contributed by atoms with Crippen LogP contribution in [0.15, 0.2) is 30.3 Å². The second-order valence-electron chi connectivity index (χ2n) is 6.22. The maximum atomic E-state index is 6.30. The van der Waals surface area contributed by atoms with E-state index in [0.717, 1.165) is 11.4 Å². The summed E-state index contributed by atoms with van der Waals surface area (Å²) in [5.41, 5.74) is 9.97. The molecule has 1 aliphatic rings. The number of benzene rings is 1. The monoisotopic (exact) mass is 269 g/mol. The van der Waals surface area contributed by atoms with E-state index in [2.05, 4.69) is 31.2 Å². The quantitative estimate of drug-likeness (QED) is 0.898. The highest BCUT2D eigenvalue weighted by Gasteiger charge is 2.35. The maximum absolute atomic E-state index is 6.30. The summed E-state index contributed by atoms with van der Waals surface area (Å²) in [5, 5.41) is 4.77. The normalized spacial score (nSPS) is 18.1. The zero-order chi connectivity index (χ0) is 14.2. The fourth-order valence-electron chi connectivity index (χ4n) is 3.42. The average molecular weight is 269 g/mol. The van der Waals surface area contributed by atoms with Crippen LogP contribution in [0.5, 0.6) is 0 Å². The molecule has 106 valence electrons. The van der Waals surface area contributed by atoms with Crippen molar-refractivity contribution in [2.75, 3.05) is 5.73 Å². The van der Waals surface area contributed by atoms with Crippen molar-refractivity contribution in [2.45, 2.75) is 44.4 Å². The summed E-state index contributed by atoms with van der Waals surface area (Å²) in [6.45, 7) is 2.35. The van der Waals surface area contributed by atoms with E-state index < -0.39 is 0 Å². The van der Waals surface area contributed by atoms with Crippen LogP contribution in [-0.4, -0.2) is 9.78 Å². The van der Waals surface area contributed by atoms with Crippen LogP contribution < -0.4 is 5.73 Å². The summed E-state index contributed by atoms with van der Waals surface area (Å²) in [4.78, 5) is 0. The van der Waals surface area contributed by atoms with Crippen LogP contribution >= 0.6 is 0 Å². The summed E-state index contributed by atoms with van der Waals surface area (Å²) >= 11 is 0. The first-order chi connectivity index (χ1) is 9.62. The Kier molecular flexibility index (Phi) is 3.28. The van der Waals surface area contributed by atoms with Crippen LogP contribution in [0.3, 0.4) is 0 Å². The fourth-order valence-corrected chi connectivity index (χ4v) is 3.42. The minimum atomic E-state index is 0.165. The molecule has 1 aliphatic carbocycles. The van der Waals surface area contributed by atoms with Gasteiger partial charge in [-0.3, -0.25) is 4.68 Å². The highest BCUT2D eigenvalue weighted by atomic mass is 15.3. The molecule has 3 rings (SSSR count). The van der Waals surface area contributed by atoms with Gasteiger partial charge in [0, 0.05) is 18.0 Å². The van der Waals surface area contributed by atoms with Crippen molar-refractivity contribution in [1.82, 2.24) is 9.78 Å². The molecule has 2 aromatic rings. The largest absolute Gasteiger partial charge is 0.383 e. The number of nitrogens with two attached hydrogens (primary N) is 1. The standard InChI is InChI=1S/C17H23N3/c1-17(11-7-4-8-12-17)15-14(16(18)20(2)19-15)13-9-5-3-6-10-13/h3,5-6,9-10H,4,7-8,11-12,18H2,1-2H3. The van der Waals surface area contributed by atoms with Gasteiger partial charge < -0.3 is 5.73 Å². The van der Waals surface area contributed by atoms with Gasteiger partial charge >= 0.3 is 0 Å². The molecule has 0 spiro atoms. The molecular formula is C17H23N3. The lowest BCUT2D eigenvalue weighted by molar-refractivity contribution is 0.311. The molecule has 0 radical (unpaired) electrons. The number of aryl methyl sites for hydroxylation is 1. The molecule has 3 heteroatoms. The molecule has 1 aromatic heterocycles. The second kappa shape index (κ2) is 4.97. The molecule has 2 N–H and O–H groups in total. The molecule has 0 aliphatic heterocycles. The van der Waals surface area contributed by atoms with Gasteiger partial charge in [0.25, 0.3) is 0 Å². The smallest absolute Gasteiger partial charge is 0.129 e. The van der Waals surface area contributed by atoms with Crippen LogP contribution in [0.1, 0.15) is 44.7 Å². The lowest BCUT2D eigenvalue weighted by atomic mass is 9.72. The highest BCUT2D eigenvalue weighted by Crippen LogP contribution is 2.44. The van der Waals surface area contributed by atoms with Gasteiger partial charge in [0.2, 0.25) is 0 Å². The number of nitrogens with zero attached hydrogens (tertiary/aromatic N) is 2. The van der Waals surface area contributed by atoms with Gasteiger partial charge in [-0.2, -0.15) is 5.10 Å².